The molecular formula is C16H12Cl2N2O2S. The molecule has 0 fully saturated rings. The Kier molecular flexibility index (Phi) is 5.10. The largest absolute Gasteiger partial charge is 0.496 e. The zero-order valence-electron chi connectivity index (χ0n) is 12.1. The first-order chi connectivity index (χ1) is 11.2. The van der Waals surface area contributed by atoms with Gasteiger partial charge < -0.3 is 9.15 Å². The highest BCUT2D eigenvalue weighted by Crippen LogP contribution is 2.31. The summed E-state index contributed by atoms with van der Waals surface area (Å²) in [5.41, 5.74) is 1.80. The van der Waals surface area contributed by atoms with Gasteiger partial charge in [0.15, 0.2) is 0 Å². The maximum Gasteiger partial charge on any atom is 0.277 e. The van der Waals surface area contributed by atoms with Crippen LogP contribution >= 0.6 is 35.0 Å². The second kappa shape index (κ2) is 7.25. The molecule has 3 rings (SSSR count). The maximum absolute atomic E-state index is 6.03. The van der Waals surface area contributed by atoms with Gasteiger partial charge in [0, 0.05) is 26.9 Å². The van der Waals surface area contributed by atoms with Crippen molar-refractivity contribution in [1.82, 2.24) is 10.2 Å². The Hall–Kier alpha value is -1.69. The maximum atomic E-state index is 6.03. The molecule has 0 atom stereocenters. The highest BCUT2D eigenvalue weighted by Gasteiger charge is 2.11. The van der Waals surface area contributed by atoms with Crippen molar-refractivity contribution in [3.63, 3.8) is 0 Å². The summed E-state index contributed by atoms with van der Waals surface area (Å²) in [6.07, 6.45) is 0. The number of benzene rings is 2. The summed E-state index contributed by atoms with van der Waals surface area (Å²) in [4.78, 5) is 0. The Labute approximate surface area is 147 Å². The summed E-state index contributed by atoms with van der Waals surface area (Å²) >= 11 is 13.3. The van der Waals surface area contributed by atoms with E-state index >= 15 is 0 Å². The fourth-order valence-corrected chi connectivity index (χ4v) is 3.04. The summed E-state index contributed by atoms with van der Waals surface area (Å²) in [5, 5.41) is 9.91. The molecule has 0 unspecified atom stereocenters. The first kappa shape index (κ1) is 16.2. The highest BCUT2D eigenvalue weighted by molar-refractivity contribution is 7.98. The molecule has 0 saturated carbocycles. The lowest BCUT2D eigenvalue weighted by Crippen LogP contribution is -1.90. The van der Waals surface area contributed by atoms with E-state index in [-0.39, 0.29) is 0 Å². The van der Waals surface area contributed by atoms with Gasteiger partial charge in [-0.05, 0) is 42.5 Å². The van der Waals surface area contributed by atoms with Crippen molar-refractivity contribution in [1.29, 1.82) is 0 Å². The van der Waals surface area contributed by atoms with Gasteiger partial charge in [0.25, 0.3) is 5.22 Å². The monoisotopic (exact) mass is 366 g/mol. The minimum absolute atomic E-state index is 0.460. The van der Waals surface area contributed by atoms with Crippen LogP contribution in [0.3, 0.4) is 0 Å². The van der Waals surface area contributed by atoms with Gasteiger partial charge in [0.2, 0.25) is 5.89 Å². The molecule has 0 radical (unpaired) electrons. The Morgan fingerprint density at radius 2 is 1.78 bits per heavy atom. The summed E-state index contributed by atoms with van der Waals surface area (Å²) in [5.74, 6) is 1.85. The molecule has 0 bridgehead atoms. The van der Waals surface area contributed by atoms with Crippen LogP contribution in [0.2, 0.25) is 10.0 Å². The lowest BCUT2D eigenvalue weighted by molar-refractivity contribution is 0.411. The number of methoxy groups -OCH3 is 1. The Morgan fingerprint density at radius 1 is 1.04 bits per heavy atom. The Morgan fingerprint density at radius 3 is 2.52 bits per heavy atom. The quantitative estimate of drug-likeness (QED) is 0.570. The van der Waals surface area contributed by atoms with Crippen LogP contribution < -0.4 is 4.74 Å². The average Bonchev–Trinajstić information content (AvgIpc) is 3.03. The van der Waals surface area contributed by atoms with Gasteiger partial charge in [-0.1, -0.05) is 35.0 Å². The van der Waals surface area contributed by atoms with E-state index in [2.05, 4.69) is 10.2 Å². The molecule has 0 amide bonds. The van der Waals surface area contributed by atoms with E-state index in [0.717, 1.165) is 16.9 Å². The number of hydrogen-bond donors (Lipinski definition) is 0. The molecule has 7 heteroatoms. The normalized spacial score (nSPS) is 10.7. The van der Waals surface area contributed by atoms with Crippen molar-refractivity contribution in [2.75, 3.05) is 7.11 Å². The van der Waals surface area contributed by atoms with E-state index < -0.39 is 0 Å². The summed E-state index contributed by atoms with van der Waals surface area (Å²) in [7, 11) is 1.63. The van der Waals surface area contributed by atoms with Gasteiger partial charge in [0.05, 0.1) is 7.11 Å². The van der Waals surface area contributed by atoms with E-state index in [9.17, 15) is 0 Å². The number of thioether (sulfide) groups is 1. The van der Waals surface area contributed by atoms with Crippen molar-refractivity contribution < 1.29 is 9.15 Å². The summed E-state index contributed by atoms with van der Waals surface area (Å²) in [6.45, 7) is 0. The molecule has 4 nitrogen and oxygen atoms in total. The SMILES string of the molecule is COc1ccc(Cl)cc1CSc1nnc(-c2ccc(Cl)cc2)o1. The predicted octanol–water partition coefficient (Wildman–Crippen LogP) is 5.34. The standard InChI is InChI=1S/C16H12Cl2N2O2S/c1-21-14-7-6-13(18)8-11(14)9-23-16-20-19-15(22-16)10-2-4-12(17)5-3-10/h2-8H,9H2,1H3. The van der Waals surface area contributed by atoms with E-state index in [1.807, 2.05) is 24.3 Å². The van der Waals surface area contributed by atoms with Gasteiger partial charge in [0.1, 0.15) is 5.75 Å². The minimum Gasteiger partial charge on any atom is -0.496 e. The smallest absolute Gasteiger partial charge is 0.277 e. The predicted molar refractivity (Wildman–Crippen MR) is 92.3 cm³/mol. The van der Waals surface area contributed by atoms with E-state index in [4.69, 9.17) is 32.4 Å². The number of aromatic nitrogens is 2. The number of halogens is 2. The molecule has 0 spiro atoms. The van der Waals surface area contributed by atoms with Crippen molar-refractivity contribution >= 4 is 35.0 Å². The molecule has 0 saturated heterocycles. The fourth-order valence-electron chi connectivity index (χ4n) is 1.98. The zero-order chi connectivity index (χ0) is 16.2. The number of hydrogen-bond acceptors (Lipinski definition) is 5. The molecule has 23 heavy (non-hydrogen) atoms. The van der Waals surface area contributed by atoms with Crippen molar-refractivity contribution in [2.24, 2.45) is 0 Å². The van der Waals surface area contributed by atoms with Crippen LogP contribution in [0.4, 0.5) is 0 Å². The molecule has 2 aromatic carbocycles. The lowest BCUT2D eigenvalue weighted by Gasteiger charge is -2.07. The minimum atomic E-state index is 0.460. The van der Waals surface area contributed by atoms with Gasteiger partial charge in [-0.25, -0.2) is 0 Å². The Bertz CT molecular complexity index is 806. The van der Waals surface area contributed by atoms with Gasteiger partial charge in [-0.3, -0.25) is 0 Å². The van der Waals surface area contributed by atoms with Crippen molar-refractivity contribution in [3.05, 3.63) is 58.1 Å². The van der Waals surface area contributed by atoms with Crippen LogP contribution in [0.15, 0.2) is 52.1 Å². The first-order valence-electron chi connectivity index (χ1n) is 6.70. The topological polar surface area (TPSA) is 48.2 Å². The van der Waals surface area contributed by atoms with Crippen LogP contribution in [-0.4, -0.2) is 17.3 Å². The molecule has 0 N–H and O–H groups in total. The lowest BCUT2D eigenvalue weighted by atomic mass is 10.2. The van der Waals surface area contributed by atoms with Crippen molar-refractivity contribution in [2.45, 2.75) is 11.0 Å². The second-order valence-electron chi connectivity index (χ2n) is 4.62. The van der Waals surface area contributed by atoms with E-state index in [1.165, 1.54) is 11.8 Å². The molecule has 118 valence electrons. The molecule has 0 aliphatic heterocycles. The highest BCUT2D eigenvalue weighted by atomic mass is 35.5. The third kappa shape index (κ3) is 3.99. The van der Waals surface area contributed by atoms with Gasteiger partial charge in [-0.15, -0.1) is 10.2 Å². The van der Waals surface area contributed by atoms with Crippen LogP contribution in [0.1, 0.15) is 5.56 Å². The third-order valence-corrected chi connectivity index (χ3v) is 4.45. The second-order valence-corrected chi connectivity index (χ2v) is 6.42. The molecular weight excluding hydrogens is 355 g/mol. The molecule has 1 heterocycles. The summed E-state index contributed by atoms with van der Waals surface area (Å²) in [6, 6.07) is 12.7. The van der Waals surface area contributed by atoms with Crippen LogP contribution in [-0.2, 0) is 5.75 Å². The Balaban J connectivity index is 1.72. The number of nitrogens with zero attached hydrogens (tertiary/aromatic N) is 2. The van der Waals surface area contributed by atoms with Crippen LogP contribution in [0.5, 0.6) is 5.75 Å². The average molecular weight is 367 g/mol. The number of rotatable bonds is 5. The molecule has 0 aliphatic carbocycles. The molecule has 3 aromatic rings. The van der Waals surface area contributed by atoms with Gasteiger partial charge in [-0.2, -0.15) is 0 Å². The number of ether oxygens (including phenoxy) is 1. The molecule has 0 aliphatic rings. The van der Waals surface area contributed by atoms with E-state index in [1.54, 1.807) is 25.3 Å². The van der Waals surface area contributed by atoms with Crippen LogP contribution in [0.25, 0.3) is 11.5 Å². The molecule has 1 aromatic heterocycles. The van der Waals surface area contributed by atoms with Crippen molar-refractivity contribution in [3.8, 4) is 17.2 Å². The van der Waals surface area contributed by atoms with E-state index in [0.29, 0.717) is 26.9 Å². The zero-order valence-corrected chi connectivity index (χ0v) is 14.5. The van der Waals surface area contributed by atoms with Crippen LogP contribution in [0, 0.1) is 0 Å². The first-order valence-corrected chi connectivity index (χ1v) is 8.44. The van der Waals surface area contributed by atoms with Gasteiger partial charge >= 0.3 is 0 Å². The third-order valence-electron chi connectivity index (χ3n) is 3.09. The fraction of sp³-hybridized carbons (Fsp3) is 0.125. The summed E-state index contributed by atoms with van der Waals surface area (Å²) < 4.78 is 11.0.